The van der Waals surface area contributed by atoms with E-state index in [0.29, 0.717) is 68.1 Å². The monoisotopic (exact) mass is 696 g/mol. The molecule has 4 aromatic rings. The Morgan fingerprint density at radius 2 is 1.86 bits per heavy atom. The molecule has 0 radical (unpaired) electrons. The van der Waals surface area contributed by atoms with Gasteiger partial charge in [-0.1, -0.05) is 31.5 Å². The van der Waals surface area contributed by atoms with Crippen molar-refractivity contribution in [2.45, 2.75) is 64.3 Å². The number of nitrogens with one attached hydrogen (secondary N) is 1. The molecule has 6 rings (SSSR count). The highest BCUT2D eigenvalue weighted by Crippen LogP contribution is 2.43. The number of aromatic nitrogens is 4. The number of hydrogen-bond acceptors (Lipinski definition) is 10. The molecule has 2 atom stereocenters. The fourth-order valence-corrected chi connectivity index (χ4v) is 6.57. The largest absolute Gasteiger partial charge is 0.548 e. The summed E-state index contributed by atoms with van der Waals surface area (Å²) in [4.78, 5) is 21.5. The van der Waals surface area contributed by atoms with E-state index in [-0.39, 0.29) is 34.2 Å². The molecule has 1 unspecified atom stereocenters. The van der Waals surface area contributed by atoms with Gasteiger partial charge in [0.15, 0.2) is 11.6 Å². The topological polar surface area (TPSA) is 143 Å². The molecule has 0 bridgehead atoms. The number of hydrogen-bond donors (Lipinski definition) is 2. The number of nitrogen functional groups attached to an aromatic ring is 1. The molecule has 2 aromatic heterocycles. The van der Waals surface area contributed by atoms with Gasteiger partial charge in [-0.2, -0.15) is 28.2 Å². The Hall–Kier alpha value is -4.92. The van der Waals surface area contributed by atoms with Crippen molar-refractivity contribution in [3.63, 3.8) is 0 Å². The van der Waals surface area contributed by atoms with Crippen molar-refractivity contribution in [2.75, 3.05) is 36.9 Å². The molecule has 0 aliphatic carbocycles. The third-order valence-electron chi connectivity index (χ3n) is 9.34. The lowest BCUT2D eigenvalue weighted by molar-refractivity contribution is -0.308. The average molecular weight is 697 g/mol. The molecule has 50 heavy (non-hydrogen) atoms. The van der Waals surface area contributed by atoms with Gasteiger partial charge in [0.05, 0.1) is 24.0 Å². The van der Waals surface area contributed by atoms with Crippen molar-refractivity contribution in [3.8, 4) is 28.4 Å². The number of carboxylic acids is 1. The molecule has 2 fully saturated rings. The maximum absolute atomic E-state index is 15.0. The van der Waals surface area contributed by atoms with Gasteiger partial charge in [0, 0.05) is 43.5 Å². The van der Waals surface area contributed by atoms with Crippen LogP contribution in [-0.4, -0.2) is 64.2 Å². The lowest BCUT2D eigenvalue weighted by Gasteiger charge is -2.39. The van der Waals surface area contributed by atoms with Crippen LogP contribution >= 0.6 is 0 Å². The number of aliphatic carboxylic acids is 1. The van der Waals surface area contributed by atoms with Crippen LogP contribution in [0.3, 0.4) is 0 Å². The number of unbranched alkanes of at least 4 members (excludes halogenated alkanes) is 1. The summed E-state index contributed by atoms with van der Waals surface area (Å²) in [7, 11) is 0. The Bertz CT molecular complexity index is 1840. The zero-order valence-corrected chi connectivity index (χ0v) is 27.7. The molecule has 3 N–H and O–H groups in total. The van der Waals surface area contributed by atoms with Gasteiger partial charge in [-0.15, -0.1) is 0 Å². The van der Waals surface area contributed by atoms with Crippen LogP contribution in [0, 0.1) is 18.2 Å². The number of carbonyl (C=O) groups excluding carboxylic acids is 1. The van der Waals surface area contributed by atoms with Gasteiger partial charge in [-0.25, -0.2) is 9.07 Å². The number of halogens is 4. The fraction of sp³-hybridized carbons (Fsp3) is 0.429. The SMILES string of the molecule is CCCCOc1ccc(-c2ccc([C@@H](Oc3cc(N4CCC5(CC4)CNC(C(=O)[O-])C5)nc(N)n3)C(F)(F)F)c(-n3ccc(C)n3)c2)cc1F. The number of carbonyl (C=O) groups is 1. The predicted molar refractivity (Wildman–Crippen MR) is 175 cm³/mol. The second kappa shape index (κ2) is 14.1. The highest BCUT2D eigenvalue weighted by Gasteiger charge is 2.45. The number of alkyl halides is 3. The van der Waals surface area contributed by atoms with Crippen molar-refractivity contribution in [1.29, 1.82) is 0 Å². The standard InChI is InChI=1S/C35H39F4N7O4/c1-3-4-15-49-28-8-6-22(16-25(28)36)23-5-7-24(27(17-23)46-12-9-21(2)44-46)31(35(37,38)39)50-30-18-29(42-33(40)43-30)45-13-10-34(11-14-45)19-26(32(47)48)41-20-34/h5-9,12,16-18,26,31,41H,3-4,10-11,13-15,19-20H2,1-2H3,(H,47,48)(H2,40,42,43)/p-1/t26?,31-/m1/s1. The highest BCUT2D eigenvalue weighted by atomic mass is 19.4. The number of carboxylic acid groups (broad SMARTS) is 1. The van der Waals surface area contributed by atoms with Crippen LogP contribution in [0.1, 0.15) is 56.4 Å². The van der Waals surface area contributed by atoms with Crippen molar-refractivity contribution >= 4 is 17.7 Å². The Morgan fingerprint density at radius 1 is 1.12 bits per heavy atom. The van der Waals surface area contributed by atoms with E-state index in [1.165, 1.54) is 47.3 Å². The molecule has 266 valence electrons. The van der Waals surface area contributed by atoms with E-state index in [4.69, 9.17) is 15.2 Å². The summed E-state index contributed by atoms with van der Waals surface area (Å²) < 4.78 is 72.1. The molecule has 2 aliphatic rings. The summed E-state index contributed by atoms with van der Waals surface area (Å²) in [6.07, 6.45) is -2.45. The first-order valence-corrected chi connectivity index (χ1v) is 16.5. The lowest BCUT2D eigenvalue weighted by atomic mass is 9.76. The Balaban J connectivity index is 1.29. The minimum Gasteiger partial charge on any atom is -0.548 e. The second-order valence-corrected chi connectivity index (χ2v) is 12.9. The van der Waals surface area contributed by atoms with E-state index >= 15 is 0 Å². The number of aryl methyl sites for hydroxylation is 1. The molecule has 2 saturated heterocycles. The smallest absolute Gasteiger partial charge is 0.429 e. The van der Waals surface area contributed by atoms with E-state index in [2.05, 4.69) is 20.4 Å². The minimum atomic E-state index is -4.90. The molecular weight excluding hydrogens is 658 g/mol. The van der Waals surface area contributed by atoms with Gasteiger partial charge in [-0.3, -0.25) is 0 Å². The highest BCUT2D eigenvalue weighted by molar-refractivity contribution is 5.72. The lowest BCUT2D eigenvalue weighted by Crippen LogP contribution is -2.42. The molecule has 11 nitrogen and oxygen atoms in total. The molecule has 0 amide bonds. The van der Waals surface area contributed by atoms with Gasteiger partial charge in [0.1, 0.15) is 5.82 Å². The van der Waals surface area contributed by atoms with Crippen LogP contribution < -0.4 is 30.5 Å². The predicted octanol–water partition coefficient (Wildman–Crippen LogP) is 4.92. The van der Waals surface area contributed by atoms with Gasteiger partial charge in [0.25, 0.3) is 0 Å². The van der Waals surface area contributed by atoms with Crippen molar-refractivity contribution < 1.29 is 36.9 Å². The van der Waals surface area contributed by atoms with Gasteiger partial charge in [0.2, 0.25) is 17.9 Å². The Morgan fingerprint density at radius 3 is 2.50 bits per heavy atom. The van der Waals surface area contributed by atoms with Crippen molar-refractivity contribution in [3.05, 3.63) is 71.8 Å². The summed E-state index contributed by atoms with van der Waals surface area (Å²) in [6, 6.07) is 11.0. The number of anilines is 2. The van der Waals surface area contributed by atoms with Crippen molar-refractivity contribution in [2.24, 2.45) is 5.41 Å². The summed E-state index contributed by atoms with van der Waals surface area (Å²) >= 11 is 0. The van der Waals surface area contributed by atoms with Crippen LogP contribution in [-0.2, 0) is 4.79 Å². The number of benzene rings is 2. The maximum atomic E-state index is 15.0. The van der Waals surface area contributed by atoms with Gasteiger partial charge < -0.3 is 35.3 Å². The molecule has 15 heteroatoms. The zero-order chi connectivity index (χ0) is 35.6. The number of rotatable bonds is 11. The van der Waals surface area contributed by atoms with E-state index < -0.39 is 30.1 Å². The van der Waals surface area contributed by atoms with Crippen LogP contribution in [0.4, 0.5) is 29.3 Å². The first kappa shape index (κ1) is 34.9. The van der Waals surface area contributed by atoms with E-state index in [1.807, 2.05) is 11.8 Å². The summed E-state index contributed by atoms with van der Waals surface area (Å²) in [5, 5.41) is 18.7. The van der Waals surface area contributed by atoms with Crippen molar-refractivity contribution in [1.82, 2.24) is 25.1 Å². The molecule has 2 aromatic carbocycles. The number of nitrogens with zero attached hydrogens (tertiary/aromatic N) is 5. The zero-order valence-electron chi connectivity index (χ0n) is 27.7. The van der Waals surface area contributed by atoms with Crippen LogP contribution in [0.2, 0.25) is 0 Å². The van der Waals surface area contributed by atoms with E-state index in [9.17, 15) is 27.5 Å². The molecule has 0 saturated carbocycles. The Labute approximate surface area is 286 Å². The summed E-state index contributed by atoms with van der Waals surface area (Å²) in [5.74, 6) is -1.96. The minimum absolute atomic E-state index is 0.0743. The van der Waals surface area contributed by atoms with Crippen LogP contribution in [0.25, 0.3) is 16.8 Å². The molecule has 4 heterocycles. The first-order chi connectivity index (χ1) is 23.8. The van der Waals surface area contributed by atoms with Gasteiger partial charge >= 0.3 is 6.18 Å². The van der Waals surface area contributed by atoms with E-state index in [0.717, 1.165) is 12.8 Å². The fourth-order valence-electron chi connectivity index (χ4n) is 6.57. The average Bonchev–Trinajstić information content (AvgIpc) is 3.70. The summed E-state index contributed by atoms with van der Waals surface area (Å²) in [6.45, 7) is 5.58. The van der Waals surface area contributed by atoms with E-state index in [1.54, 1.807) is 19.1 Å². The maximum Gasteiger partial charge on any atom is 0.429 e. The molecule has 1 spiro atoms. The van der Waals surface area contributed by atoms with Crippen LogP contribution in [0.5, 0.6) is 11.6 Å². The summed E-state index contributed by atoms with van der Waals surface area (Å²) in [5.41, 5.74) is 7.05. The first-order valence-electron chi connectivity index (χ1n) is 16.5. The molecular formula is C35H38F4N7O4-. The third kappa shape index (κ3) is 7.62. The quantitative estimate of drug-likeness (QED) is 0.164. The second-order valence-electron chi connectivity index (χ2n) is 12.9. The third-order valence-corrected chi connectivity index (χ3v) is 9.34. The number of nitrogens with two attached hydrogens (primary N) is 1. The number of piperidine rings is 1. The molecule has 2 aliphatic heterocycles. The van der Waals surface area contributed by atoms with Gasteiger partial charge in [-0.05, 0) is 73.4 Å². The number of ether oxygens (including phenoxy) is 2. The Kier molecular flexibility index (Phi) is 9.87. The van der Waals surface area contributed by atoms with Crippen LogP contribution in [0.15, 0.2) is 54.7 Å². The normalized spacial score (nSPS) is 18.0.